The van der Waals surface area contributed by atoms with E-state index in [2.05, 4.69) is 23.4 Å². The molecule has 0 saturated carbocycles. The van der Waals surface area contributed by atoms with Gasteiger partial charge < -0.3 is 4.90 Å². The first kappa shape index (κ1) is 11.7. The Kier molecular flexibility index (Phi) is 4.55. The van der Waals surface area contributed by atoms with Gasteiger partial charge in [-0.3, -0.25) is 4.90 Å². The predicted octanol–water partition coefficient (Wildman–Crippen LogP) is 1.54. The Morgan fingerprint density at radius 1 is 1.57 bits per heavy atom. The monoisotopic (exact) mass is 200 g/mol. The zero-order valence-electron chi connectivity index (χ0n) is 9.25. The molecule has 0 aromatic carbocycles. The van der Waals surface area contributed by atoms with E-state index in [1.165, 1.54) is 0 Å². The van der Waals surface area contributed by atoms with Gasteiger partial charge in [0.1, 0.15) is 6.17 Å². The van der Waals surface area contributed by atoms with E-state index in [0.717, 1.165) is 25.9 Å². The van der Waals surface area contributed by atoms with Gasteiger partial charge in [0.15, 0.2) is 0 Å². The number of likely N-dealkylation sites (N-methyl/N-ethyl adjacent to an activating group) is 2. The number of piperidine rings is 1. The molecule has 2 nitrogen and oxygen atoms in total. The predicted molar refractivity (Wildman–Crippen MR) is 58.2 cm³/mol. The Labute approximate surface area is 86.4 Å². The van der Waals surface area contributed by atoms with Crippen LogP contribution in [0.15, 0.2) is 12.7 Å². The zero-order valence-corrected chi connectivity index (χ0v) is 9.25. The molecule has 14 heavy (non-hydrogen) atoms. The second-order valence-corrected chi connectivity index (χ2v) is 4.28. The van der Waals surface area contributed by atoms with Crippen LogP contribution in [0.3, 0.4) is 0 Å². The number of nitrogens with zero attached hydrogens (tertiary/aromatic N) is 2. The molecule has 82 valence electrons. The Balaban J connectivity index is 2.33. The molecule has 1 heterocycles. The van der Waals surface area contributed by atoms with E-state index in [1.54, 1.807) is 0 Å². The van der Waals surface area contributed by atoms with Crippen molar-refractivity contribution in [2.24, 2.45) is 0 Å². The van der Waals surface area contributed by atoms with E-state index in [4.69, 9.17) is 0 Å². The van der Waals surface area contributed by atoms with Crippen molar-refractivity contribution < 1.29 is 4.39 Å². The lowest BCUT2D eigenvalue weighted by Crippen LogP contribution is -2.47. The van der Waals surface area contributed by atoms with Gasteiger partial charge in [-0.05, 0) is 26.9 Å². The molecule has 0 aromatic heterocycles. The third kappa shape index (κ3) is 3.39. The van der Waals surface area contributed by atoms with E-state index in [0.29, 0.717) is 12.6 Å². The standard InChI is InChI=1S/C11H21FN2/c1-4-7-13(2)9-11-6-5-10(12)8-14(11)3/h4,10-11H,1,5-9H2,2-3H3. The summed E-state index contributed by atoms with van der Waals surface area (Å²) in [7, 11) is 4.09. The van der Waals surface area contributed by atoms with E-state index in [1.807, 2.05) is 13.1 Å². The van der Waals surface area contributed by atoms with Gasteiger partial charge in [0.2, 0.25) is 0 Å². The van der Waals surface area contributed by atoms with Gasteiger partial charge in [-0.2, -0.15) is 0 Å². The number of likely N-dealkylation sites (tertiary alicyclic amines) is 1. The minimum atomic E-state index is -0.624. The first-order chi connectivity index (χ1) is 6.63. The lowest BCUT2D eigenvalue weighted by molar-refractivity contribution is 0.0893. The zero-order chi connectivity index (χ0) is 10.6. The summed E-state index contributed by atoms with van der Waals surface area (Å²) in [5, 5.41) is 0. The molecular weight excluding hydrogens is 179 g/mol. The van der Waals surface area contributed by atoms with Crippen LogP contribution in [0.25, 0.3) is 0 Å². The molecule has 0 amide bonds. The lowest BCUT2D eigenvalue weighted by Gasteiger charge is -2.36. The summed E-state index contributed by atoms with van der Waals surface area (Å²) in [6, 6.07) is 0.506. The fourth-order valence-corrected chi connectivity index (χ4v) is 2.03. The first-order valence-corrected chi connectivity index (χ1v) is 5.27. The normalized spacial score (nSPS) is 29.4. The van der Waals surface area contributed by atoms with Crippen molar-refractivity contribution in [1.29, 1.82) is 0 Å². The van der Waals surface area contributed by atoms with Crippen molar-refractivity contribution >= 4 is 0 Å². The average Bonchev–Trinajstić information content (AvgIpc) is 2.10. The molecule has 0 aromatic rings. The summed E-state index contributed by atoms with van der Waals surface area (Å²) in [4.78, 5) is 4.36. The summed E-state index contributed by atoms with van der Waals surface area (Å²) in [5.74, 6) is 0. The van der Waals surface area contributed by atoms with Crippen LogP contribution in [0, 0.1) is 0 Å². The van der Waals surface area contributed by atoms with Crippen LogP contribution in [0.4, 0.5) is 4.39 Å². The van der Waals surface area contributed by atoms with E-state index in [9.17, 15) is 4.39 Å². The van der Waals surface area contributed by atoms with Crippen LogP contribution in [0.2, 0.25) is 0 Å². The molecule has 1 aliphatic rings. The molecule has 1 rings (SSSR count). The number of hydrogen-bond donors (Lipinski definition) is 0. The molecule has 0 radical (unpaired) electrons. The molecule has 1 aliphatic heterocycles. The second kappa shape index (κ2) is 5.47. The maximum Gasteiger partial charge on any atom is 0.113 e. The Bertz CT molecular complexity index is 184. The third-order valence-corrected chi connectivity index (χ3v) is 2.89. The van der Waals surface area contributed by atoms with Crippen LogP contribution in [0.1, 0.15) is 12.8 Å². The molecule has 0 spiro atoms. The van der Waals surface area contributed by atoms with Crippen molar-refractivity contribution in [2.75, 3.05) is 33.7 Å². The van der Waals surface area contributed by atoms with Crippen molar-refractivity contribution in [1.82, 2.24) is 9.80 Å². The summed E-state index contributed by atoms with van der Waals surface area (Å²) in [6.07, 6.45) is 2.97. The fourth-order valence-electron chi connectivity index (χ4n) is 2.03. The summed E-state index contributed by atoms with van der Waals surface area (Å²) < 4.78 is 13.0. The molecular formula is C11H21FN2. The van der Waals surface area contributed by atoms with Crippen LogP contribution in [0.5, 0.6) is 0 Å². The lowest BCUT2D eigenvalue weighted by atomic mass is 10.0. The van der Waals surface area contributed by atoms with Crippen molar-refractivity contribution in [3.05, 3.63) is 12.7 Å². The van der Waals surface area contributed by atoms with Gasteiger partial charge in [-0.1, -0.05) is 6.08 Å². The van der Waals surface area contributed by atoms with Crippen molar-refractivity contribution in [3.63, 3.8) is 0 Å². The number of hydrogen-bond acceptors (Lipinski definition) is 2. The first-order valence-electron chi connectivity index (χ1n) is 5.27. The van der Waals surface area contributed by atoms with Crippen LogP contribution < -0.4 is 0 Å². The highest BCUT2D eigenvalue weighted by Gasteiger charge is 2.25. The minimum absolute atomic E-state index is 0.506. The molecule has 1 fully saturated rings. The Hall–Kier alpha value is -0.410. The van der Waals surface area contributed by atoms with Gasteiger partial charge in [0.25, 0.3) is 0 Å². The van der Waals surface area contributed by atoms with Crippen molar-refractivity contribution in [2.45, 2.75) is 25.1 Å². The second-order valence-electron chi connectivity index (χ2n) is 4.28. The van der Waals surface area contributed by atoms with E-state index >= 15 is 0 Å². The summed E-state index contributed by atoms with van der Waals surface area (Å²) in [6.45, 7) is 6.21. The van der Waals surface area contributed by atoms with Crippen molar-refractivity contribution in [3.8, 4) is 0 Å². The average molecular weight is 200 g/mol. The highest BCUT2D eigenvalue weighted by Crippen LogP contribution is 2.18. The summed E-state index contributed by atoms with van der Waals surface area (Å²) >= 11 is 0. The molecule has 3 heteroatoms. The summed E-state index contributed by atoms with van der Waals surface area (Å²) in [5.41, 5.74) is 0. The smallest absolute Gasteiger partial charge is 0.113 e. The molecule has 2 unspecified atom stereocenters. The van der Waals surface area contributed by atoms with Crippen LogP contribution >= 0.6 is 0 Å². The van der Waals surface area contributed by atoms with Crippen LogP contribution in [-0.4, -0.2) is 55.7 Å². The molecule has 1 saturated heterocycles. The maximum absolute atomic E-state index is 13.0. The van der Waals surface area contributed by atoms with Gasteiger partial charge in [0.05, 0.1) is 0 Å². The highest BCUT2D eigenvalue weighted by molar-refractivity contribution is 4.82. The number of halogens is 1. The third-order valence-electron chi connectivity index (χ3n) is 2.89. The quantitative estimate of drug-likeness (QED) is 0.635. The van der Waals surface area contributed by atoms with Crippen LogP contribution in [-0.2, 0) is 0 Å². The molecule has 2 atom stereocenters. The Morgan fingerprint density at radius 2 is 2.29 bits per heavy atom. The fraction of sp³-hybridized carbons (Fsp3) is 0.818. The maximum atomic E-state index is 13.0. The minimum Gasteiger partial charge on any atom is -0.301 e. The molecule has 0 bridgehead atoms. The van der Waals surface area contributed by atoms with E-state index < -0.39 is 6.17 Å². The van der Waals surface area contributed by atoms with Gasteiger partial charge >= 0.3 is 0 Å². The molecule has 0 N–H and O–H groups in total. The number of rotatable bonds is 4. The van der Waals surface area contributed by atoms with E-state index in [-0.39, 0.29) is 0 Å². The van der Waals surface area contributed by atoms with Gasteiger partial charge in [0, 0.05) is 25.7 Å². The SMILES string of the molecule is C=CCN(C)CC1CCC(F)CN1C. The topological polar surface area (TPSA) is 6.48 Å². The Morgan fingerprint density at radius 3 is 2.86 bits per heavy atom. The largest absolute Gasteiger partial charge is 0.301 e. The van der Waals surface area contributed by atoms with Gasteiger partial charge in [-0.25, -0.2) is 4.39 Å². The van der Waals surface area contributed by atoms with Gasteiger partial charge in [-0.15, -0.1) is 6.58 Å². The molecule has 0 aliphatic carbocycles. The number of alkyl halides is 1. The highest BCUT2D eigenvalue weighted by atomic mass is 19.1.